The van der Waals surface area contributed by atoms with Gasteiger partial charge in [0.1, 0.15) is 10.3 Å². The van der Waals surface area contributed by atoms with Gasteiger partial charge in [0.15, 0.2) is 0 Å². The maximum Gasteiger partial charge on any atom is 0.127 e. The Morgan fingerprint density at radius 2 is 1.64 bits per heavy atom. The highest BCUT2D eigenvalue weighted by molar-refractivity contribution is 7.71. The van der Waals surface area contributed by atoms with E-state index in [1.165, 1.54) is 0 Å². The monoisotopic (exact) mass is 321 g/mol. The lowest BCUT2D eigenvalue weighted by Crippen LogP contribution is -1.89. The number of nitrogens with zero attached hydrogens (tertiary/aromatic N) is 2. The largest absolute Gasteiger partial charge is 0.267 e. The zero-order valence-corrected chi connectivity index (χ0v) is 13.1. The Kier molecular flexibility index (Phi) is 3.29. The number of hydrogen-bond donors (Lipinski definition) is 1. The third kappa shape index (κ3) is 2.24. The number of aromatic nitrogens is 3. The van der Waals surface area contributed by atoms with Crippen molar-refractivity contribution in [2.24, 2.45) is 0 Å². The van der Waals surface area contributed by atoms with Gasteiger partial charge in [0.2, 0.25) is 0 Å². The summed E-state index contributed by atoms with van der Waals surface area (Å²) >= 11 is 7.00. The summed E-state index contributed by atoms with van der Waals surface area (Å²) in [4.78, 5) is 6.63. The van der Waals surface area contributed by atoms with Crippen LogP contribution in [-0.2, 0) is 0 Å². The molecule has 0 amide bonds. The second-order valence-electron chi connectivity index (χ2n) is 4.83. The molecule has 0 aliphatic rings. The van der Waals surface area contributed by atoms with Gasteiger partial charge < -0.3 is 0 Å². The summed E-state index contributed by atoms with van der Waals surface area (Å²) in [6, 6.07) is 18.2. The fourth-order valence-electron chi connectivity index (χ4n) is 2.41. The fourth-order valence-corrected chi connectivity index (χ4v) is 3.62. The SMILES string of the molecule is S=c1[nH]nc(-c2ccc(-c3ccccn3)s2)c2ccccc12. The van der Waals surface area contributed by atoms with Crippen molar-refractivity contribution in [1.29, 1.82) is 0 Å². The normalized spacial score (nSPS) is 10.9. The Balaban J connectivity index is 1.89. The number of nitrogens with one attached hydrogen (secondary N) is 1. The second-order valence-corrected chi connectivity index (χ2v) is 6.32. The average molecular weight is 321 g/mol. The van der Waals surface area contributed by atoms with Gasteiger partial charge >= 0.3 is 0 Å². The Labute approximate surface area is 136 Å². The van der Waals surface area contributed by atoms with Crippen molar-refractivity contribution in [3.05, 3.63) is 65.4 Å². The summed E-state index contributed by atoms with van der Waals surface area (Å²) in [6.07, 6.45) is 1.81. The molecule has 1 aromatic carbocycles. The molecule has 5 heteroatoms. The van der Waals surface area contributed by atoms with Gasteiger partial charge in [-0.3, -0.25) is 10.1 Å². The van der Waals surface area contributed by atoms with Gasteiger partial charge in [0.25, 0.3) is 0 Å². The second kappa shape index (κ2) is 5.44. The van der Waals surface area contributed by atoms with Crippen LogP contribution >= 0.6 is 23.6 Å². The first-order valence-corrected chi connectivity index (χ1v) is 8.04. The minimum atomic E-state index is 0.667. The predicted octanol–water partition coefficient (Wildman–Crippen LogP) is 5.08. The summed E-state index contributed by atoms with van der Waals surface area (Å²) in [6.45, 7) is 0. The quantitative estimate of drug-likeness (QED) is 0.523. The number of rotatable bonds is 2. The zero-order chi connectivity index (χ0) is 14.9. The van der Waals surface area contributed by atoms with E-state index in [0.29, 0.717) is 4.64 Å². The molecular formula is C17H11N3S2. The molecule has 1 N–H and O–H groups in total. The van der Waals surface area contributed by atoms with Crippen molar-refractivity contribution in [2.75, 3.05) is 0 Å². The number of fused-ring (bicyclic) bond motifs is 1. The first kappa shape index (κ1) is 13.3. The lowest BCUT2D eigenvalue weighted by molar-refractivity contribution is 1.05. The molecule has 0 saturated carbocycles. The summed E-state index contributed by atoms with van der Waals surface area (Å²) < 4.78 is 0.667. The fraction of sp³-hybridized carbons (Fsp3) is 0. The molecule has 106 valence electrons. The van der Waals surface area contributed by atoms with Crippen LogP contribution in [0, 0.1) is 4.64 Å². The summed E-state index contributed by atoms with van der Waals surface area (Å²) in [5.41, 5.74) is 1.91. The van der Waals surface area contributed by atoms with Gasteiger partial charge in [-0.2, -0.15) is 5.10 Å². The molecule has 4 aromatic rings. The van der Waals surface area contributed by atoms with Crippen molar-refractivity contribution < 1.29 is 0 Å². The van der Waals surface area contributed by atoms with Crippen LogP contribution in [0.5, 0.6) is 0 Å². The molecule has 3 heterocycles. The Bertz CT molecular complexity index is 1000. The molecule has 0 unspecified atom stereocenters. The first-order valence-electron chi connectivity index (χ1n) is 6.82. The van der Waals surface area contributed by atoms with Crippen LogP contribution in [0.1, 0.15) is 0 Å². The van der Waals surface area contributed by atoms with Crippen LogP contribution in [0.3, 0.4) is 0 Å². The molecule has 3 nitrogen and oxygen atoms in total. The lowest BCUT2D eigenvalue weighted by atomic mass is 10.1. The third-order valence-electron chi connectivity index (χ3n) is 3.45. The Morgan fingerprint density at radius 1 is 0.864 bits per heavy atom. The predicted molar refractivity (Wildman–Crippen MR) is 93.5 cm³/mol. The van der Waals surface area contributed by atoms with E-state index in [0.717, 1.165) is 31.9 Å². The van der Waals surface area contributed by atoms with E-state index < -0.39 is 0 Å². The first-order chi connectivity index (χ1) is 10.8. The van der Waals surface area contributed by atoms with E-state index >= 15 is 0 Å². The number of pyridine rings is 1. The summed E-state index contributed by atoms with van der Waals surface area (Å²) in [5, 5.41) is 9.48. The standard InChI is InChI=1S/C17H11N3S2/c21-17-12-6-2-1-5-11(12)16(19-20-17)15-9-8-14(22-15)13-7-3-4-10-18-13/h1-10H,(H,20,21). The molecule has 3 aromatic heterocycles. The summed E-state index contributed by atoms with van der Waals surface area (Å²) in [7, 11) is 0. The highest BCUT2D eigenvalue weighted by Gasteiger charge is 2.10. The number of H-pyrrole nitrogens is 1. The van der Waals surface area contributed by atoms with Gasteiger partial charge in [0, 0.05) is 17.0 Å². The number of thiophene rings is 1. The molecule has 0 saturated heterocycles. The maximum atomic E-state index is 5.32. The topological polar surface area (TPSA) is 41.6 Å². The van der Waals surface area contributed by atoms with Gasteiger partial charge in [-0.25, -0.2) is 0 Å². The van der Waals surface area contributed by atoms with Crippen LogP contribution in [0.4, 0.5) is 0 Å². The molecule has 0 fully saturated rings. The van der Waals surface area contributed by atoms with Gasteiger partial charge in [0.05, 0.1) is 15.4 Å². The Hall–Kier alpha value is -2.37. The van der Waals surface area contributed by atoms with Crippen LogP contribution in [-0.4, -0.2) is 15.2 Å². The van der Waals surface area contributed by atoms with Gasteiger partial charge in [-0.1, -0.05) is 42.5 Å². The minimum Gasteiger partial charge on any atom is -0.267 e. The number of hydrogen-bond acceptors (Lipinski definition) is 4. The van der Waals surface area contributed by atoms with Crippen molar-refractivity contribution in [3.8, 4) is 21.1 Å². The van der Waals surface area contributed by atoms with E-state index in [-0.39, 0.29) is 0 Å². The van der Waals surface area contributed by atoms with E-state index in [2.05, 4.69) is 33.4 Å². The minimum absolute atomic E-state index is 0.667. The smallest absolute Gasteiger partial charge is 0.127 e. The van der Waals surface area contributed by atoms with E-state index in [1.807, 2.05) is 42.6 Å². The number of aromatic amines is 1. The van der Waals surface area contributed by atoms with Crippen molar-refractivity contribution >= 4 is 34.3 Å². The molecule has 0 atom stereocenters. The molecule has 4 rings (SSSR count). The molecule has 0 spiro atoms. The van der Waals surface area contributed by atoms with E-state index in [4.69, 9.17) is 12.2 Å². The van der Waals surface area contributed by atoms with Crippen LogP contribution in [0.15, 0.2) is 60.8 Å². The molecule has 0 bridgehead atoms. The zero-order valence-electron chi connectivity index (χ0n) is 11.5. The highest BCUT2D eigenvalue weighted by atomic mass is 32.1. The van der Waals surface area contributed by atoms with Crippen molar-refractivity contribution in [1.82, 2.24) is 15.2 Å². The van der Waals surface area contributed by atoms with E-state index in [9.17, 15) is 0 Å². The third-order valence-corrected chi connectivity index (χ3v) is 4.88. The number of benzene rings is 1. The van der Waals surface area contributed by atoms with Crippen molar-refractivity contribution in [3.63, 3.8) is 0 Å². The van der Waals surface area contributed by atoms with Crippen LogP contribution < -0.4 is 0 Å². The molecule has 22 heavy (non-hydrogen) atoms. The lowest BCUT2D eigenvalue weighted by Gasteiger charge is -2.03. The molecule has 0 radical (unpaired) electrons. The van der Waals surface area contributed by atoms with Gasteiger partial charge in [-0.05, 0) is 24.3 Å². The van der Waals surface area contributed by atoms with E-state index in [1.54, 1.807) is 11.3 Å². The Morgan fingerprint density at radius 3 is 2.45 bits per heavy atom. The van der Waals surface area contributed by atoms with Crippen LogP contribution in [0.25, 0.3) is 31.9 Å². The summed E-state index contributed by atoms with van der Waals surface area (Å²) in [5.74, 6) is 0. The molecule has 0 aliphatic carbocycles. The highest BCUT2D eigenvalue weighted by Crippen LogP contribution is 2.35. The van der Waals surface area contributed by atoms with Crippen LogP contribution in [0.2, 0.25) is 0 Å². The average Bonchev–Trinajstić information content (AvgIpc) is 3.06. The molecule has 0 aliphatic heterocycles. The molecular weight excluding hydrogens is 310 g/mol. The maximum absolute atomic E-state index is 5.32. The van der Waals surface area contributed by atoms with Gasteiger partial charge in [-0.15, -0.1) is 11.3 Å². The van der Waals surface area contributed by atoms with Crippen molar-refractivity contribution in [2.45, 2.75) is 0 Å².